The van der Waals surface area contributed by atoms with E-state index in [2.05, 4.69) is 4.65 Å². The maximum Gasteiger partial charge on any atom is 0.709 e. The average molecular weight is 190 g/mol. The Labute approximate surface area is 77.0 Å². The molecular weight excluding hydrogens is 175 g/mol. The van der Waals surface area contributed by atoms with Gasteiger partial charge in [0.15, 0.2) is 0 Å². The predicted octanol–water partition coefficient (Wildman–Crippen LogP) is -2.04. The molecule has 0 spiro atoms. The molecule has 0 rings (SSSR count). The smallest absolute Gasteiger partial charge is 0.484 e. The molecule has 0 aromatic rings. The lowest BCUT2D eigenvalue weighted by atomic mass is 10.1. The molecule has 0 heterocycles. The zero-order chi connectivity index (χ0) is 10.3. The quantitative estimate of drug-likeness (QED) is 0.283. The second kappa shape index (κ2) is 6.84. The van der Waals surface area contributed by atoms with Gasteiger partial charge in [0.1, 0.15) is 6.04 Å². The summed E-state index contributed by atoms with van der Waals surface area (Å²) >= 11 is 0. The van der Waals surface area contributed by atoms with Crippen molar-refractivity contribution in [2.45, 2.75) is 25.3 Å². The molecule has 0 saturated heterocycles. The third-order valence-electron chi connectivity index (χ3n) is 1.49. The average Bonchev–Trinajstić information content (AvgIpc) is 2.03. The fourth-order valence-corrected chi connectivity index (χ4v) is 0.818. The van der Waals surface area contributed by atoms with E-state index in [0.29, 0.717) is 19.4 Å². The molecule has 6 N–H and O–H groups in total. The molecule has 0 bridgehead atoms. The first kappa shape index (κ1) is 12.4. The molecule has 0 unspecified atom stereocenters. The Bertz CT molecular complexity index is 156. The van der Waals surface area contributed by atoms with E-state index in [9.17, 15) is 4.79 Å². The summed E-state index contributed by atoms with van der Waals surface area (Å²) in [5.74, 6) is -0.813. The Morgan fingerprint density at radius 1 is 1.46 bits per heavy atom. The number of unbranched alkanes of at least 4 members (excludes halogenated alkanes) is 1. The molecule has 0 aromatic heterocycles. The highest BCUT2D eigenvalue weighted by Crippen LogP contribution is 1.99. The van der Waals surface area contributed by atoms with Crippen LogP contribution in [0.15, 0.2) is 0 Å². The molecule has 76 valence electrons. The van der Waals surface area contributed by atoms with Crippen LogP contribution in [-0.4, -0.2) is 35.9 Å². The van der Waals surface area contributed by atoms with Crippen molar-refractivity contribution in [1.29, 1.82) is 0 Å². The summed E-state index contributed by atoms with van der Waals surface area (Å²) in [5.41, 5.74) is 10.6. The topological polar surface area (TPSA) is 119 Å². The van der Waals surface area contributed by atoms with Crippen molar-refractivity contribution < 1.29 is 19.5 Å². The summed E-state index contributed by atoms with van der Waals surface area (Å²) in [6.45, 7) is 0.546. The fraction of sp³-hybridized carbons (Fsp3) is 0.833. The van der Waals surface area contributed by atoms with E-state index in [0.717, 1.165) is 6.42 Å². The van der Waals surface area contributed by atoms with Gasteiger partial charge < -0.3 is 26.2 Å². The first-order valence-electron chi connectivity index (χ1n) is 4.10. The molecule has 6 nitrogen and oxygen atoms in total. The first-order chi connectivity index (χ1) is 6.07. The minimum absolute atomic E-state index is 0.433. The number of hydrogen-bond acceptors (Lipinski definition) is 6. The van der Waals surface area contributed by atoms with Crippen LogP contribution in [0.1, 0.15) is 19.3 Å². The zero-order valence-electron chi connectivity index (χ0n) is 7.35. The second-order valence-electron chi connectivity index (χ2n) is 2.65. The van der Waals surface area contributed by atoms with Crippen LogP contribution in [0.4, 0.5) is 0 Å². The predicted molar refractivity (Wildman–Crippen MR) is 47.2 cm³/mol. The Balaban J connectivity index is 3.57. The molecule has 1 atom stereocenters. The van der Waals surface area contributed by atoms with Crippen LogP contribution in [0.5, 0.6) is 0 Å². The molecule has 0 amide bonds. The van der Waals surface area contributed by atoms with Gasteiger partial charge in [-0.15, -0.1) is 0 Å². The van der Waals surface area contributed by atoms with Gasteiger partial charge in [-0.2, -0.15) is 0 Å². The van der Waals surface area contributed by atoms with Crippen LogP contribution in [0.3, 0.4) is 0 Å². The van der Waals surface area contributed by atoms with Crippen LogP contribution in [-0.2, 0) is 9.45 Å². The standard InChI is InChI=1S/C6H15BN2O4/c8-4-2-1-3-5(9)6(10)13-7(11)12/h5,11-12H,1-4,8-9H2/t5-/m0/s1. The van der Waals surface area contributed by atoms with Crippen LogP contribution in [0.2, 0.25) is 0 Å². The molecule has 0 aliphatic carbocycles. The van der Waals surface area contributed by atoms with Crippen molar-refractivity contribution in [1.82, 2.24) is 0 Å². The minimum Gasteiger partial charge on any atom is -0.484 e. The third-order valence-corrected chi connectivity index (χ3v) is 1.49. The second-order valence-corrected chi connectivity index (χ2v) is 2.65. The SMILES string of the molecule is NCCCC[C@H](N)C(=O)OB(O)O. The Morgan fingerprint density at radius 3 is 2.54 bits per heavy atom. The number of nitrogens with two attached hydrogens (primary N) is 2. The van der Waals surface area contributed by atoms with E-state index in [1.165, 1.54) is 0 Å². The van der Waals surface area contributed by atoms with E-state index < -0.39 is 19.3 Å². The van der Waals surface area contributed by atoms with Gasteiger partial charge >= 0.3 is 13.3 Å². The molecule has 0 aliphatic rings. The Hall–Kier alpha value is -0.625. The molecule has 0 fully saturated rings. The van der Waals surface area contributed by atoms with Crippen LogP contribution >= 0.6 is 0 Å². The Morgan fingerprint density at radius 2 is 2.08 bits per heavy atom. The van der Waals surface area contributed by atoms with E-state index in [1.807, 2.05) is 0 Å². The van der Waals surface area contributed by atoms with Crippen LogP contribution in [0.25, 0.3) is 0 Å². The van der Waals surface area contributed by atoms with Gasteiger partial charge in [0.05, 0.1) is 0 Å². The highest BCUT2D eigenvalue weighted by atomic mass is 16.6. The normalized spacial score (nSPS) is 12.3. The lowest BCUT2D eigenvalue weighted by Gasteiger charge is -2.10. The maximum atomic E-state index is 10.8. The molecule has 0 aliphatic heterocycles. The van der Waals surface area contributed by atoms with Crippen molar-refractivity contribution >= 4 is 13.3 Å². The summed E-state index contributed by atoms with van der Waals surface area (Å²) < 4.78 is 4.06. The fourth-order valence-electron chi connectivity index (χ4n) is 0.818. The van der Waals surface area contributed by atoms with E-state index in [-0.39, 0.29) is 0 Å². The summed E-state index contributed by atoms with van der Waals surface area (Å²) in [4.78, 5) is 10.8. The molecule has 0 aromatic carbocycles. The van der Waals surface area contributed by atoms with Crippen molar-refractivity contribution in [2.75, 3.05) is 6.54 Å². The number of hydrogen-bond donors (Lipinski definition) is 4. The van der Waals surface area contributed by atoms with Gasteiger partial charge in [-0.25, -0.2) is 0 Å². The van der Waals surface area contributed by atoms with Crippen molar-refractivity contribution in [2.24, 2.45) is 11.5 Å². The summed E-state index contributed by atoms with van der Waals surface area (Å²) in [5, 5.41) is 16.6. The van der Waals surface area contributed by atoms with Gasteiger partial charge in [0.2, 0.25) is 0 Å². The summed E-state index contributed by atoms with van der Waals surface area (Å²) in [6.07, 6.45) is 1.93. The zero-order valence-corrected chi connectivity index (χ0v) is 7.35. The first-order valence-corrected chi connectivity index (χ1v) is 4.10. The highest BCUT2D eigenvalue weighted by molar-refractivity contribution is 6.35. The van der Waals surface area contributed by atoms with E-state index in [4.69, 9.17) is 21.5 Å². The van der Waals surface area contributed by atoms with Gasteiger partial charge in [-0.1, -0.05) is 6.42 Å². The van der Waals surface area contributed by atoms with Crippen LogP contribution in [0, 0.1) is 0 Å². The number of rotatable bonds is 6. The van der Waals surface area contributed by atoms with Crippen molar-refractivity contribution in [3.8, 4) is 0 Å². The molecule has 7 heteroatoms. The molecule has 0 radical (unpaired) electrons. The van der Waals surface area contributed by atoms with E-state index >= 15 is 0 Å². The monoisotopic (exact) mass is 190 g/mol. The lowest BCUT2D eigenvalue weighted by molar-refractivity contribution is -0.138. The van der Waals surface area contributed by atoms with Crippen LogP contribution < -0.4 is 11.5 Å². The minimum atomic E-state index is -2.09. The molecule has 0 saturated carbocycles. The highest BCUT2D eigenvalue weighted by Gasteiger charge is 2.21. The third kappa shape index (κ3) is 6.53. The van der Waals surface area contributed by atoms with Gasteiger partial charge in [-0.05, 0) is 19.4 Å². The maximum absolute atomic E-state index is 10.8. The van der Waals surface area contributed by atoms with Gasteiger partial charge in [0.25, 0.3) is 0 Å². The van der Waals surface area contributed by atoms with E-state index in [1.54, 1.807) is 0 Å². The lowest BCUT2D eigenvalue weighted by Crippen LogP contribution is -2.36. The van der Waals surface area contributed by atoms with Crippen molar-refractivity contribution in [3.63, 3.8) is 0 Å². The van der Waals surface area contributed by atoms with Gasteiger partial charge in [-0.3, -0.25) is 4.79 Å². The van der Waals surface area contributed by atoms with Crippen molar-refractivity contribution in [3.05, 3.63) is 0 Å². The number of carbonyl (C=O) groups excluding carboxylic acids is 1. The number of carbonyl (C=O) groups is 1. The van der Waals surface area contributed by atoms with Gasteiger partial charge in [0, 0.05) is 0 Å². The molecule has 13 heavy (non-hydrogen) atoms. The largest absolute Gasteiger partial charge is 0.709 e. The molecular formula is C6H15BN2O4. The summed E-state index contributed by atoms with van der Waals surface area (Å²) in [6, 6.07) is -0.812. The summed E-state index contributed by atoms with van der Waals surface area (Å²) in [7, 11) is -2.09. The Kier molecular flexibility index (Phi) is 6.52.